The van der Waals surface area contributed by atoms with Crippen LogP contribution >= 0.6 is 0 Å². The van der Waals surface area contributed by atoms with Crippen molar-refractivity contribution < 1.29 is 9.90 Å². The summed E-state index contributed by atoms with van der Waals surface area (Å²) in [7, 11) is 0. The number of rotatable bonds is 2. The van der Waals surface area contributed by atoms with E-state index in [9.17, 15) is 9.90 Å². The third-order valence-corrected chi connectivity index (χ3v) is 4.07. The zero-order valence-electron chi connectivity index (χ0n) is 11.6. The lowest BCUT2D eigenvalue weighted by Crippen LogP contribution is -2.51. The van der Waals surface area contributed by atoms with Gasteiger partial charge in [0.05, 0.1) is 0 Å². The van der Waals surface area contributed by atoms with Crippen LogP contribution in [0.3, 0.4) is 0 Å². The summed E-state index contributed by atoms with van der Waals surface area (Å²) < 4.78 is 0. The van der Waals surface area contributed by atoms with Gasteiger partial charge < -0.3 is 15.7 Å². The number of nitrogens with zero attached hydrogens (tertiary/aromatic N) is 1. The molecule has 4 nitrogen and oxygen atoms in total. The first-order valence-corrected chi connectivity index (χ1v) is 6.85. The number of phenols is 1. The highest BCUT2D eigenvalue weighted by molar-refractivity contribution is 5.95. The Hall–Kier alpha value is -1.55. The molecule has 104 valence electrons. The average Bonchev–Trinajstić information content (AvgIpc) is 2.40. The van der Waals surface area contributed by atoms with Crippen LogP contribution in [0.4, 0.5) is 0 Å². The minimum absolute atomic E-state index is 0.0303. The molecular formula is C15H22N2O2. The quantitative estimate of drug-likeness (QED) is 0.855. The molecule has 1 heterocycles. The Morgan fingerprint density at radius 3 is 2.89 bits per heavy atom. The van der Waals surface area contributed by atoms with E-state index < -0.39 is 0 Å². The van der Waals surface area contributed by atoms with Gasteiger partial charge in [0.15, 0.2) is 0 Å². The Bertz CT molecular complexity index is 473. The van der Waals surface area contributed by atoms with Gasteiger partial charge in [-0.2, -0.15) is 0 Å². The van der Waals surface area contributed by atoms with Gasteiger partial charge in [-0.3, -0.25) is 4.79 Å². The van der Waals surface area contributed by atoms with Crippen molar-refractivity contribution >= 4 is 5.91 Å². The molecule has 0 radical (unpaired) electrons. The molecule has 19 heavy (non-hydrogen) atoms. The number of piperidine rings is 1. The number of nitrogens with two attached hydrogens (primary N) is 1. The molecule has 1 aromatic rings. The smallest absolute Gasteiger partial charge is 0.254 e. The maximum atomic E-state index is 12.5. The van der Waals surface area contributed by atoms with Crippen LogP contribution in [0.2, 0.25) is 0 Å². The van der Waals surface area contributed by atoms with Gasteiger partial charge in [0.1, 0.15) is 5.75 Å². The van der Waals surface area contributed by atoms with Gasteiger partial charge >= 0.3 is 0 Å². The van der Waals surface area contributed by atoms with Crippen molar-refractivity contribution in [1.29, 1.82) is 0 Å². The molecule has 2 rings (SSSR count). The number of benzene rings is 1. The van der Waals surface area contributed by atoms with E-state index >= 15 is 0 Å². The normalized spacial score (nSPS) is 23.4. The number of aryl methyl sites for hydroxylation is 1. The standard InChI is InChI=1S/C15H22N2O2/c1-10-4-3-7-17(13(10)9-16)15(19)12-6-5-11(2)14(18)8-12/h5-6,8,10,13,18H,3-4,7,9,16H2,1-2H3. The van der Waals surface area contributed by atoms with Crippen molar-refractivity contribution in [2.45, 2.75) is 32.7 Å². The molecule has 1 fully saturated rings. The van der Waals surface area contributed by atoms with Crippen LogP contribution in [0.25, 0.3) is 0 Å². The number of likely N-dealkylation sites (tertiary alicyclic amines) is 1. The van der Waals surface area contributed by atoms with Crippen molar-refractivity contribution in [3.63, 3.8) is 0 Å². The zero-order chi connectivity index (χ0) is 14.0. The second kappa shape index (κ2) is 5.61. The summed E-state index contributed by atoms with van der Waals surface area (Å²) in [5.41, 5.74) is 7.13. The van der Waals surface area contributed by atoms with Crippen LogP contribution in [0.5, 0.6) is 5.75 Å². The van der Waals surface area contributed by atoms with Crippen molar-refractivity contribution in [2.24, 2.45) is 11.7 Å². The highest BCUT2D eigenvalue weighted by Crippen LogP contribution is 2.26. The Kier molecular flexibility index (Phi) is 4.10. The van der Waals surface area contributed by atoms with E-state index in [1.807, 2.05) is 11.8 Å². The molecule has 2 atom stereocenters. The van der Waals surface area contributed by atoms with Gasteiger partial charge in [-0.25, -0.2) is 0 Å². The Morgan fingerprint density at radius 1 is 1.53 bits per heavy atom. The number of hydrogen-bond acceptors (Lipinski definition) is 3. The van der Waals surface area contributed by atoms with Crippen molar-refractivity contribution in [3.8, 4) is 5.75 Å². The monoisotopic (exact) mass is 262 g/mol. The number of carbonyl (C=O) groups is 1. The zero-order valence-corrected chi connectivity index (χ0v) is 11.6. The van der Waals surface area contributed by atoms with Gasteiger partial charge in [-0.05, 0) is 43.4 Å². The van der Waals surface area contributed by atoms with Crippen LogP contribution in [0.1, 0.15) is 35.7 Å². The minimum atomic E-state index is -0.0303. The molecule has 0 aliphatic carbocycles. The van der Waals surface area contributed by atoms with E-state index in [1.165, 1.54) is 0 Å². The van der Waals surface area contributed by atoms with Crippen molar-refractivity contribution in [2.75, 3.05) is 13.1 Å². The fraction of sp³-hybridized carbons (Fsp3) is 0.533. The van der Waals surface area contributed by atoms with Gasteiger partial charge in [0.25, 0.3) is 5.91 Å². The summed E-state index contributed by atoms with van der Waals surface area (Å²) in [6.07, 6.45) is 2.13. The fourth-order valence-electron chi connectivity index (χ4n) is 2.77. The lowest BCUT2D eigenvalue weighted by atomic mass is 9.90. The molecular weight excluding hydrogens is 240 g/mol. The van der Waals surface area contributed by atoms with E-state index in [0.717, 1.165) is 24.9 Å². The lowest BCUT2D eigenvalue weighted by Gasteiger charge is -2.39. The summed E-state index contributed by atoms with van der Waals surface area (Å²) in [5, 5.41) is 9.73. The fourth-order valence-corrected chi connectivity index (χ4v) is 2.77. The lowest BCUT2D eigenvalue weighted by molar-refractivity contribution is 0.0532. The first kappa shape index (κ1) is 13.9. The Morgan fingerprint density at radius 2 is 2.26 bits per heavy atom. The van der Waals surface area contributed by atoms with Crippen LogP contribution in [0, 0.1) is 12.8 Å². The average molecular weight is 262 g/mol. The van der Waals surface area contributed by atoms with Crippen LogP contribution in [-0.4, -0.2) is 35.0 Å². The number of hydrogen-bond donors (Lipinski definition) is 2. The predicted octanol–water partition coefficient (Wildman–Crippen LogP) is 1.90. The first-order valence-electron chi connectivity index (χ1n) is 6.85. The van der Waals surface area contributed by atoms with Crippen LogP contribution in [0.15, 0.2) is 18.2 Å². The van der Waals surface area contributed by atoms with Crippen LogP contribution in [-0.2, 0) is 0 Å². The predicted molar refractivity (Wildman–Crippen MR) is 75.1 cm³/mol. The highest BCUT2D eigenvalue weighted by atomic mass is 16.3. The SMILES string of the molecule is Cc1ccc(C(=O)N2CCCC(C)C2CN)cc1O. The number of amides is 1. The second-order valence-corrected chi connectivity index (χ2v) is 5.42. The van der Waals surface area contributed by atoms with E-state index in [4.69, 9.17) is 5.73 Å². The minimum Gasteiger partial charge on any atom is -0.508 e. The van der Waals surface area contributed by atoms with Crippen molar-refractivity contribution in [3.05, 3.63) is 29.3 Å². The maximum Gasteiger partial charge on any atom is 0.254 e. The molecule has 2 unspecified atom stereocenters. The third kappa shape index (κ3) is 2.73. The van der Waals surface area contributed by atoms with Gasteiger partial charge in [0.2, 0.25) is 0 Å². The molecule has 4 heteroatoms. The summed E-state index contributed by atoms with van der Waals surface area (Å²) >= 11 is 0. The van der Waals surface area contributed by atoms with E-state index in [2.05, 4.69) is 6.92 Å². The maximum absolute atomic E-state index is 12.5. The molecule has 3 N–H and O–H groups in total. The van der Waals surface area contributed by atoms with E-state index in [0.29, 0.717) is 18.0 Å². The highest BCUT2D eigenvalue weighted by Gasteiger charge is 2.31. The molecule has 1 aromatic carbocycles. The molecule has 0 aromatic heterocycles. The molecule has 1 saturated heterocycles. The molecule has 0 spiro atoms. The molecule has 1 amide bonds. The van der Waals surface area contributed by atoms with Gasteiger partial charge in [0, 0.05) is 24.7 Å². The molecule has 0 saturated carbocycles. The largest absolute Gasteiger partial charge is 0.508 e. The van der Waals surface area contributed by atoms with Crippen LogP contribution < -0.4 is 5.73 Å². The Labute approximate surface area is 114 Å². The topological polar surface area (TPSA) is 66.6 Å². The van der Waals surface area contributed by atoms with Gasteiger partial charge in [-0.1, -0.05) is 13.0 Å². The summed E-state index contributed by atoms with van der Waals surface area (Å²) in [5.74, 6) is 0.569. The van der Waals surface area contributed by atoms with E-state index in [1.54, 1.807) is 18.2 Å². The summed E-state index contributed by atoms with van der Waals surface area (Å²) in [6.45, 7) is 5.20. The molecule has 1 aliphatic heterocycles. The number of phenolic OH excluding ortho intramolecular Hbond substituents is 1. The van der Waals surface area contributed by atoms with Gasteiger partial charge in [-0.15, -0.1) is 0 Å². The number of carbonyl (C=O) groups excluding carboxylic acids is 1. The molecule has 0 bridgehead atoms. The second-order valence-electron chi connectivity index (χ2n) is 5.42. The summed E-state index contributed by atoms with van der Waals surface area (Å²) in [4.78, 5) is 14.4. The summed E-state index contributed by atoms with van der Waals surface area (Å²) in [6, 6.07) is 5.19. The Balaban J connectivity index is 2.24. The first-order chi connectivity index (χ1) is 9.04. The number of aromatic hydroxyl groups is 1. The van der Waals surface area contributed by atoms with E-state index in [-0.39, 0.29) is 17.7 Å². The molecule has 1 aliphatic rings. The third-order valence-electron chi connectivity index (χ3n) is 4.07. The van der Waals surface area contributed by atoms with Crippen molar-refractivity contribution in [1.82, 2.24) is 4.90 Å².